The largest absolute Gasteiger partial charge is 0.470 e. The Kier molecular flexibility index (Phi) is 7.38. The van der Waals surface area contributed by atoms with E-state index in [0.29, 0.717) is 18.8 Å². The highest BCUT2D eigenvalue weighted by Crippen LogP contribution is 2.32. The van der Waals surface area contributed by atoms with Gasteiger partial charge in [-0.25, -0.2) is 4.39 Å². The van der Waals surface area contributed by atoms with Crippen molar-refractivity contribution in [2.45, 2.75) is 12.7 Å². The predicted octanol–water partition coefficient (Wildman–Crippen LogP) is 3.98. The zero-order valence-corrected chi connectivity index (χ0v) is 21.5. The molecule has 0 radical (unpaired) electrons. The van der Waals surface area contributed by atoms with Crippen molar-refractivity contribution in [3.05, 3.63) is 65.8 Å². The summed E-state index contributed by atoms with van der Waals surface area (Å²) < 4.78 is 89.9. The van der Waals surface area contributed by atoms with E-state index in [0.717, 1.165) is 10.4 Å². The van der Waals surface area contributed by atoms with E-state index >= 15 is 4.39 Å². The fourth-order valence-electron chi connectivity index (χ4n) is 3.80. The molecule has 14 heteroatoms. The van der Waals surface area contributed by atoms with Crippen LogP contribution in [0.2, 0.25) is 0 Å². The lowest BCUT2D eigenvalue weighted by molar-refractivity contribution is -0.156. The molecule has 37 heavy (non-hydrogen) atoms. The monoisotopic (exact) mass is 559 g/mol. The van der Waals surface area contributed by atoms with Crippen molar-refractivity contribution >= 4 is 37.0 Å². The summed E-state index contributed by atoms with van der Waals surface area (Å²) in [6.45, 7) is 1.03. The zero-order chi connectivity index (χ0) is 27.0. The quantitative estimate of drug-likeness (QED) is 0.322. The topological polar surface area (TPSA) is 82.8 Å². The second-order valence-corrected chi connectivity index (χ2v) is 13.4. The van der Waals surface area contributed by atoms with Crippen LogP contribution in [0.25, 0.3) is 11.5 Å². The summed E-state index contributed by atoms with van der Waals surface area (Å²) in [5, 5.41) is 6.27. The Morgan fingerprint density at radius 2 is 1.62 bits per heavy atom. The van der Waals surface area contributed by atoms with E-state index in [4.69, 9.17) is 0 Å². The van der Waals surface area contributed by atoms with Gasteiger partial charge in [-0.05, 0) is 30.5 Å². The number of alkyl halides is 3. The highest BCUT2D eigenvalue weighted by molar-refractivity contribution is 8.25. The maximum atomic E-state index is 15.1. The number of benzene rings is 2. The van der Waals surface area contributed by atoms with Gasteiger partial charge in [0.2, 0.25) is 5.89 Å². The van der Waals surface area contributed by atoms with Gasteiger partial charge in [-0.2, -0.15) is 35.3 Å². The van der Waals surface area contributed by atoms with Crippen LogP contribution in [0.1, 0.15) is 11.5 Å². The van der Waals surface area contributed by atoms with Gasteiger partial charge in [0.15, 0.2) is 0 Å². The minimum Gasteiger partial charge on any atom is -0.413 e. The summed E-state index contributed by atoms with van der Waals surface area (Å²) >= 11 is 0. The first-order valence-corrected chi connectivity index (χ1v) is 14.7. The van der Waals surface area contributed by atoms with E-state index < -0.39 is 43.4 Å². The Morgan fingerprint density at radius 1 is 1.00 bits per heavy atom. The fourth-order valence-corrected chi connectivity index (χ4v) is 6.44. The number of rotatable bonds is 7. The molecule has 0 bridgehead atoms. The molecule has 0 amide bonds. The lowest BCUT2D eigenvalue weighted by Gasteiger charge is -2.39. The summed E-state index contributed by atoms with van der Waals surface area (Å²) in [5.41, 5.74) is 0.282. The summed E-state index contributed by atoms with van der Waals surface area (Å²) in [5.74, 6) is 5.27. The molecule has 1 saturated heterocycles. The van der Waals surface area contributed by atoms with Crippen LogP contribution in [0, 0.1) is 5.82 Å². The highest BCUT2D eigenvalue weighted by Gasteiger charge is 2.38. The number of hydrogen-bond acceptors (Lipinski definition) is 6. The van der Waals surface area contributed by atoms with Crippen molar-refractivity contribution < 1.29 is 30.4 Å². The molecule has 1 aliphatic rings. The molecule has 0 spiro atoms. The van der Waals surface area contributed by atoms with E-state index in [1.165, 1.54) is 16.4 Å². The van der Waals surface area contributed by atoms with Crippen molar-refractivity contribution in [1.29, 1.82) is 0 Å². The maximum Gasteiger partial charge on any atom is 0.470 e. The highest BCUT2D eigenvalue weighted by atomic mass is 32.2. The fraction of sp³-hybridized carbons (Fsp3) is 0.304. The van der Waals surface area contributed by atoms with Crippen molar-refractivity contribution in [3.8, 4) is 11.5 Å². The molecule has 0 aliphatic carbocycles. The molecule has 2 aromatic carbocycles. The van der Waals surface area contributed by atoms with E-state index in [1.807, 2.05) is 6.26 Å². The molecule has 0 unspecified atom stereocenters. The van der Waals surface area contributed by atoms with Gasteiger partial charge in [-0.15, -0.1) is 10.2 Å². The molecule has 1 aliphatic heterocycles. The van der Waals surface area contributed by atoms with Crippen molar-refractivity contribution in [3.63, 3.8) is 0 Å². The van der Waals surface area contributed by atoms with Crippen molar-refractivity contribution in [2.24, 2.45) is 0 Å². The molecule has 0 N–H and O–H groups in total. The van der Waals surface area contributed by atoms with Crippen LogP contribution in [0.4, 0.5) is 23.2 Å². The summed E-state index contributed by atoms with van der Waals surface area (Å²) in [6.07, 6.45) is -2.90. The van der Waals surface area contributed by atoms with Crippen molar-refractivity contribution in [1.82, 2.24) is 18.8 Å². The number of anilines is 1. The lowest BCUT2D eigenvalue weighted by Crippen LogP contribution is -2.52. The third kappa shape index (κ3) is 5.98. The van der Waals surface area contributed by atoms with E-state index in [9.17, 15) is 21.6 Å². The van der Waals surface area contributed by atoms with Crippen LogP contribution in [0.3, 0.4) is 0 Å². The van der Waals surface area contributed by atoms with Gasteiger partial charge in [0.05, 0.1) is 12.2 Å². The van der Waals surface area contributed by atoms with Gasteiger partial charge in [-0.3, -0.25) is 8.61 Å². The number of nitrogens with zero attached hydrogens (tertiary/aromatic N) is 5. The number of hydrogen-bond donors (Lipinski definition) is 0. The van der Waals surface area contributed by atoms with Crippen LogP contribution in [0.5, 0.6) is 0 Å². The van der Waals surface area contributed by atoms with E-state index in [-0.39, 0.29) is 30.8 Å². The van der Waals surface area contributed by atoms with Crippen LogP contribution >= 0.6 is 9.39 Å². The smallest absolute Gasteiger partial charge is 0.413 e. The average molecular weight is 560 g/mol. The molecular formula is C23H25F4N5O3S2. The normalized spacial score (nSPS) is 16.1. The Morgan fingerprint density at radius 3 is 2.16 bits per heavy atom. The van der Waals surface area contributed by atoms with Crippen molar-refractivity contribution in [2.75, 3.05) is 36.7 Å². The molecule has 3 aromatic rings. The number of halogens is 4. The molecule has 200 valence electrons. The van der Waals surface area contributed by atoms with Crippen LogP contribution < -0.4 is 4.31 Å². The number of piperazine rings is 1. The molecule has 2 heterocycles. The van der Waals surface area contributed by atoms with Gasteiger partial charge >= 0.3 is 22.3 Å². The summed E-state index contributed by atoms with van der Waals surface area (Å²) in [6, 6.07) is 11.8. The molecule has 0 atom stereocenters. The van der Waals surface area contributed by atoms with Crippen LogP contribution in [0.15, 0.2) is 52.9 Å². The van der Waals surface area contributed by atoms with Gasteiger partial charge in [-0.1, -0.05) is 36.0 Å². The van der Waals surface area contributed by atoms with E-state index in [1.54, 1.807) is 30.3 Å². The average Bonchev–Trinajstić information content (AvgIpc) is 3.34. The third-order valence-corrected chi connectivity index (χ3v) is 9.28. The molecule has 8 nitrogen and oxygen atoms in total. The number of aromatic nitrogens is 2. The molecule has 0 saturated carbocycles. The Hall–Kier alpha value is -2.94. The van der Waals surface area contributed by atoms with Crippen LogP contribution in [-0.2, 0) is 22.9 Å². The van der Waals surface area contributed by atoms with Gasteiger partial charge in [0, 0.05) is 37.3 Å². The molecule has 1 fully saturated rings. The summed E-state index contributed by atoms with van der Waals surface area (Å²) in [7, 11) is -5.55. The van der Waals surface area contributed by atoms with Gasteiger partial charge < -0.3 is 4.42 Å². The zero-order valence-electron chi connectivity index (χ0n) is 19.9. The lowest BCUT2D eigenvalue weighted by atomic mass is 10.1. The first-order valence-electron chi connectivity index (χ1n) is 11.0. The Balaban J connectivity index is 1.62. The van der Waals surface area contributed by atoms with E-state index in [2.05, 4.69) is 30.7 Å². The molecule has 1 aromatic heterocycles. The standard InChI is InChI=1S/C23H25F4N5O3S2/c1-36(2,3)30-11-13-31(14-12-30)37(33,34)32(19-7-5-4-6-8-19)16-18-10-9-17(15-20(18)24)21-28-29-22(35-21)23(25,26)27/h4-10,15H,1-2,11-14,16H2,3H3. The first kappa shape index (κ1) is 27.1. The molecule has 4 rings (SSSR count). The van der Waals surface area contributed by atoms with Gasteiger partial charge in [0.1, 0.15) is 5.82 Å². The van der Waals surface area contributed by atoms with Crippen LogP contribution in [-0.4, -0.2) is 71.4 Å². The SMILES string of the molecule is C=S(=C)(C)N1CCN(S(=O)(=O)N(Cc2ccc(-c3nnc(C(F)(F)F)o3)cc2F)c2ccccc2)CC1. The number of para-hydroxylation sites is 1. The Labute approximate surface area is 212 Å². The Bertz CT molecular complexity index is 1470. The minimum atomic E-state index is -4.83. The second-order valence-electron chi connectivity index (χ2n) is 8.62. The minimum absolute atomic E-state index is 0.0120. The predicted molar refractivity (Wildman–Crippen MR) is 137 cm³/mol. The summed E-state index contributed by atoms with van der Waals surface area (Å²) in [4.78, 5) is 0. The third-order valence-electron chi connectivity index (χ3n) is 5.75. The maximum absolute atomic E-state index is 15.1. The van der Waals surface area contributed by atoms with Gasteiger partial charge in [0.25, 0.3) is 0 Å². The first-order chi connectivity index (χ1) is 17.3. The molecular weight excluding hydrogens is 534 g/mol. The second kappa shape index (κ2) is 10.1.